The molecule has 1 aromatic heterocycles. The van der Waals surface area contributed by atoms with Gasteiger partial charge in [-0.3, -0.25) is 5.43 Å². The Morgan fingerprint density at radius 3 is 2.58 bits per heavy atom. The fourth-order valence-electron chi connectivity index (χ4n) is 1.52. The third-order valence-electron chi connectivity index (χ3n) is 2.32. The summed E-state index contributed by atoms with van der Waals surface area (Å²) in [5.74, 6) is 0.856. The molecule has 0 aliphatic heterocycles. The van der Waals surface area contributed by atoms with Gasteiger partial charge in [-0.2, -0.15) is 0 Å². The highest BCUT2D eigenvalue weighted by Gasteiger charge is 2.15. The Labute approximate surface area is 113 Å². The zero-order chi connectivity index (χ0) is 14.6. The third-order valence-corrected chi connectivity index (χ3v) is 2.32. The average Bonchev–Trinajstić information content (AvgIpc) is 2.57. The number of hydrogen-bond acceptors (Lipinski definition) is 5. The number of amides is 1. The molecule has 0 saturated heterocycles. The Morgan fingerprint density at radius 2 is 2.11 bits per heavy atom. The van der Waals surface area contributed by atoms with E-state index in [0.29, 0.717) is 6.54 Å². The molecule has 0 atom stereocenters. The van der Waals surface area contributed by atoms with Gasteiger partial charge in [0, 0.05) is 21.1 Å². The number of hydrogen-bond donors (Lipinski definition) is 2. The third kappa shape index (κ3) is 4.78. The summed E-state index contributed by atoms with van der Waals surface area (Å²) in [5.41, 5.74) is 5.76. The Balaban J connectivity index is 2.44. The number of hydrazine groups is 1. The van der Waals surface area contributed by atoms with Crippen LogP contribution in [0.4, 0.5) is 10.7 Å². The number of carbonyl (C=O) groups is 1. The number of nitrogens with one attached hydrogen (secondary N) is 2. The molecule has 0 radical (unpaired) electrons. The van der Waals surface area contributed by atoms with Crippen molar-refractivity contribution < 1.29 is 9.53 Å². The number of anilines is 1. The lowest BCUT2D eigenvalue weighted by Gasteiger charge is -2.19. The maximum Gasteiger partial charge on any atom is 0.422 e. The molecule has 0 bridgehead atoms. The standard InChI is InChI=1S/C12H23N5O2/c1-12(2,3)19-11(18)15-14-8-9-7-13-10(16(4)5)17(9)6/h7,14H,8H2,1-6H3,(H,15,18). The van der Waals surface area contributed by atoms with E-state index in [0.717, 1.165) is 11.6 Å². The van der Waals surface area contributed by atoms with E-state index in [2.05, 4.69) is 15.8 Å². The summed E-state index contributed by atoms with van der Waals surface area (Å²) in [6.07, 6.45) is 1.27. The van der Waals surface area contributed by atoms with E-state index in [1.54, 1.807) is 6.20 Å². The molecule has 2 N–H and O–H groups in total. The van der Waals surface area contributed by atoms with Gasteiger partial charge in [0.05, 0.1) is 18.4 Å². The topological polar surface area (TPSA) is 71.4 Å². The summed E-state index contributed by atoms with van der Waals surface area (Å²) < 4.78 is 7.05. The number of rotatable bonds is 4. The predicted molar refractivity (Wildman–Crippen MR) is 73.7 cm³/mol. The van der Waals surface area contributed by atoms with Crippen molar-refractivity contribution in [2.75, 3.05) is 19.0 Å². The van der Waals surface area contributed by atoms with Crippen molar-refractivity contribution in [3.63, 3.8) is 0 Å². The lowest BCUT2D eigenvalue weighted by atomic mass is 10.2. The van der Waals surface area contributed by atoms with Gasteiger partial charge in [-0.25, -0.2) is 15.2 Å². The molecule has 0 spiro atoms. The number of imidazole rings is 1. The summed E-state index contributed by atoms with van der Waals surface area (Å²) >= 11 is 0. The molecule has 1 heterocycles. The first-order valence-electron chi connectivity index (χ1n) is 6.10. The summed E-state index contributed by atoms with van der Waals surface area (Å²) in [6.45, 7) is 5.92. The van der Waals surface area contributed by atoms with Gasteiger partial charge in [0.1, 0.15) is 5.60 Å². The van der Waals surface area contributed by atoms with Crippen LogP contribution >= 0.6 is 0 Å². The van der Waals surface area contributed by atoms with Crippen molar-refractivity contribution in [1.29, 1.82) is 0 Å². The molecule has 0 unspecified atom stereocenters. The first kappa shape index (κ1) is 15.3. The molecule has 0 fully saturated rings. The molecule has 0 aliphatic rings. The van der Waals surface area contributed by atoms with Crippen LogP contribution in [0.1, 0.15) is 26.5 Å². The van der Waals surface area contributed by atoms with Crippen molar-refractivity contribution in [1.82, 2.24) is 20.4 Å². The molecule has 19 heavy (non-hydrogen) atoms. The Kier molecular flexibility index (Phi) is 4.77. The molecule has 108 valence electrons. The van der Waals surface area contributed by atoms with E-state index in [-0.39, 0.29) is 0 Å². The van der Waals surface area contributed by atoms with E-state index in [9.17, 15) is 4.79 Å². The second kappa shape index (κ2) is 5.92. The minimum Gasteiger partial charge on any atom is -0.443 e. The molecular weight excluding hydrogens is 246 g/mol. The molecule has 1 aromatic rings. The molecule has 1 amide bonds. The van der Waals surface area contributed by atoms with Gasteiger partial charge < -0.3 is 14.2 Å². The van der Waals surface area contributed by atoms with Gasteiger partial charge in [-0.05, 0) is 20.8 Å². The summed E-state index contributed by atoms with van der Waals surface area (Å²) in [4.78, 5) is 17.6. The largest absolute Gasteiger partial charge is 0.443 e. The van der Waals surface area contributed by atoms with E-state index in [1.807, 2.05) is 51.4 Å². The first-order chi connectivity index (χ1) is 8.70. The van der Waals surface area contributed by atoms with Crippen LogP contribution in [0.15, 0.2) is 6.20 Å². The predicted octanol–water partition coefficient (Wildman–Crippen LogP) is 1.02. The van der Waals surface area contributed by atoms with Crippen molar-refractivity contribution in [2.45, 2.75) is 32.9 Å². The number of ether oxygens (including phenoxy) is 1. The van der Waals surface area contributed by atoms with Crippen molar-refractivity contribution in [3.8, 4) is 0 Å². The van der Waals surface area contributed by atoms with Gasteiger partial charge in [-0.15, -0.1) is 0 Å². The van der Waals surface area contributed by atoms with Crippen LogP contribution in [0.2, 0.25) is 0 Å². The minimum atomic E-state index is -0.504. The monoisotopic (exact) mass is 269 g/mol. The fourth-order valence-corrected chi connectivity index (χ4v) is 1.52. The van der Waals surface area contributed by atoms with Crippen LogP contribution in [-0.2, 0) is 18.3 Å². The highest BCUT2D eigenvalue weighted by atomic mass is 16.6. The normalized spacial score (nSPS) is 11.3. The van der Waals surface area contributed by atoms with Crippen LogP contribution in [0.3, 0.4) is 0 Å². The highest BCUT2D eigenvalue weighted by Crippen LogP contribution is 2.10. The van der Waals surface area contributed by atoms with Gasteiger partial charge >= 0.3 is 6.09 Å². The van der Waals surface area contributed by atoms with E-state index < -0.39 is 11.7 Å². The van der Waals surface area contributed by atoms with E-state index >= 15 is 0 Å². The number of carbonyl (C=O) groups excluding carboxylic acids is 1. The molecule has 7 heteroatoms. The summed E-state index contributed by atoms with van der Waals surface area (Å²) in [5, 5.41) is 0. The van der Waals surface area contributed by atoms with Gasteiger partial charge in [-0.1, -0.05) is 0 Å². The van der Waals surface area contributed by atoms with Crippen LogP contribution < -0.4 is 15.8 Å². The van der Waals surface area contributed by atoms with Crippen LogP contribution in [0, 0.1) is 0 Å². The first-order valence-corrected chi connectivity index (χ1v) is 6.10. The Hall–Kier alpha value is -1.76. The van der Waals surface area contributed by atoms with Gasteiger partial charge in [0.15, 0.2) is 0 Å². The second-order valence-electron chi connectivity index (χ2n) is 5.48. The molecule has 1 rings (SSSR count). The van der Waals surface area contributed by atoms with Crippen molar-refractivity contribution >= 4 is 12.0 Å². The van der Waals surface area contributed by atoms with E-state index in [1.165, 1.54) is 0 Å². The lowest BCUT2D eigenvalue weighted by Crippen LogP contribution is -2.41. The van der Waals surface area contributed by atoms with Crippen LogP contribution in [0.25, 0.3) is 0 Å². The zero-order valence-electron chi connectivity index (χ0n) is 12.4. The van der Waals surface area contributed by atoms with Gasteiger partial charge in [0.25, 0.3) is 0 Å². The molecule has 0 aromatic carbocycles. The zero-order valence-corrected chi connectivity index (χ0v) is 12.4. The number of aromatic nitrogens is 2. The Morgan fingerprint density at radius 1 is 1.47 bits per heavy atom. The quantitative estimate of drug-likeness (QED) is 0.798. The van der Waals surface area contributed by atoms with Gasteiger partial charge in [0.2, 0.25) is 5.95 Å². The molecular formula is C12H23N5O2. The van der Waals surface area contributed by atoms with Crippen molar-refractivity contribution in [2.24, 2.45) is 7.05 Å². The van der Waals surface area contributed by atoms with Crippen LogP contribution in [0.5, 0.6) is 0 Å². The molecule has 0 saturated carbocycles. The molecule has 0 aliphatic carbocycles. The minimum absolute atomic E-state index is 0.469. The smallest absolute Gasteiger partial charge is 0.422 e. The lowest BCUT2D eigenvalue weighted by molar-refractivity contribution is 0.0496. The Bertz CT molecular complexity index is 434. The van der Waals surface area contributed by atoms with Crippen LogP contribution in [-0.4, -0.2) is 35.3 Å². The number of nitrogens with zero attached hydrogens (tertiary/aromatic N) is 3. The fraction of sp³-hybridized carbons (Fsp3) is 0.667. The maximum absolute atomic E-state index is 11.4. The molecule has 7 nitrogen and oxygen atoms in total. The summed E-state index contributed by atoms with van der Waals surface area (Å²) in [7, 11) is 5.78. The average molecular weight is 269 g/mol. The second-order valence-corrected chi connectivity index (χ2v) is 5.48. The highest BCUT2D eigenvalue weighted by molar-refractivity contribution is 5.66. The van der Waals surface area contributed by atoms with E-state index in [4.69, 9.17) is 4.74 Å². The van der Waals surface area contributed by atoms with Crippen molar-refractivity contribution in [3.05, 3.63) is 11.9 Å². The summed E-state index contributed by atoms with van der Waals surface area (Å²) in [6, 6.07) is 0. The maximum atomic E-state index is 11.4. The SMILES string of the molecule is CN(C)c1ncc(CNNC(=O)OC(C)(C)C)n1C.